The summed E-state index contributed by atoms with van der Waals surface area (Å²) >= 11 is 0. The van der Waals surface area contributed by atoms with Crippen LogP contribution < -0.4 is 11.1 Å². The van der Waals surface area contributed by atoms with Crippen molar-refractivity contribution in [3.63, 3.8) is 0 Å². The Balaban J connectivity index is 2.43. The van der Waals surface area contributed by atoms with E-state index in [1.165, 1.54) is 5.56 Å². The number of rotatable bonds is 10. The number of hydrogen-bond donors (Lipinski definition) is 2. The van der Waals surface area contributed by atoms with Crippen molar-refractivity contribution in [3.05, 3.63) is 35.9 Å². The second kappa shape index (κ2) is 10.4. The first-order chi connectivity index (χ1) is 10.1. The summed E-state index contributed by atoms with van der Waals surface area (Å²) in [5.74, 6) is 0.720. The number of amides is 1. The molecule has 1 aromatic rings. The van der Waals surface area contributed by atoms with Crippen molar-refractivity contribution >= 4 is 5.91 Å². The third-order valence-electron chi connectivity index (χ3n) is 3.60. The van der Waals surface area contributed by atoms with Crippen molar-refractivity contribution in [2.75, 3.05) is 6.54 Å². The molecule has 0 aliphatic heterocycles. The van der Waals surface area contributed by atoms with Gasteiger partial charge in [0.2, 0.25) is 5.91 Å². The average molecular weight is 290 g/mol. The van der Waals surface area contributed by atoms with E-state index in [-0.39, 0.29) is 11.9 Å². The first kappa shape index (κ1) is 17.7. The first-order valence-electron chi connectivity index (χ1n) is 8.18. The van der Waals surface area contributed by atoms with Gasteiger partial charge in [-0.15, -0.1) is 0 Å². The minimum atomic E-state index is 0.128. The lowest BCUT2D eigenvalue weighted by molar-refractivity contribution is -0.122. The van der Waals surface area contributed by atoms with Crippen LogP contribution in [0.25, 0.3) is 0 Å². The summed E-state index contributed by atoms with van der Waals surface area (Å²) in [5, 5.41) is 3.19. The quantitative estimate of drug-likeness (QED) is 0.644. The lowest BCUT2D eigenvalue weighted by Crippen LogP contribution is -2.29. The number of nitrogens with two attached hydrogens (primary N) is 1. The molecule has 0 heterocycles. The number of nitrogens with one attached hydrogen (secondary N) is 1. The molecule has 0 radical (unpaired) electrons. The summed E-state index contributed by atoms with van der Waals surface area (Å²) in [6.07, 6.45) is 5.81. The zero-order chi connectivity index (χ0) is 15.5. The Morgan fingerprint density at radius 1 is 1.10 bits per heavy atom. The van der Waals surface area contributed by atoms with Crippen LogP contribution in [0.15, 0.2) is 30.3 Å². The normalized spacial score (nSPS) is 12.4. The van der Waals surface area contributed by atoms with Gasteiger partial charge in [0.25, 0.3) is 0 Å². The van der Waals surface area contributed by atoms with Gasteiger partial charge < -0.3 is 11.1 Å². The SMILES string of the molecule is CC(C)CC(NC(=O)CCCCCCN)c1ccccc1. The van der Waals surface area contributed by atoms with Crippen LogP contribution in [-0.4, -0.2) is 12.5 Å². The van der Waals surface area contributed by atoms with Crippen molar-refractivity contribution < 1.29 is 4.79 Å². The van der Waals surface area contributed by atoms with Gasteiger partial charge in [-0.3, -0.25) is 4.79 Å². The van der Waals surface area contributed by atoms with Gasteiger partial charge in [-0.1, -0.05) is 57.0 Å². The lowest BCUT2D eigenvalue weighted by atomic mass is 9.97. The second-order valence-corrected chi connectivity index (χ2v) is 6.11. The molecule has 1 unspecified atom stereocenters. The highest BCUT2D eigenvalue weighted by Crippen LogP contribution is 2.21. The number of hydrogen-bond acceptors (Lipinski definition) is 2. The van der Waals surface area contributed by atoms with Crippen LogP contribution in [0.2, 0.25) is 0 Å². The Labute approximate surface area is 129 Å². The number of carbonyl (C=O) groups is 1. The fourth-order valence-electron chi connectivity index (χ4n) is 2.49. The fraction of sp³-hybridized carbons (Fsp3) is 0.611. The fourth-order valence-corrected chi connectivity index (χ4v) is 2.49. The monoisotopic (exact) mass is 290 g/mol. The molecule has 1 atom stereocenters. The minimum Gasteiger partial charge on any atom is -0.349 e. The smallest absolute Gasteiger partial charge is 0.220 e. The Hall–Kier alpha value is -1.35. The third-order valence-corrected chi connectivity index (χ3v) is 3.60. The van der Waals surface area contributed by atoms with Crippen molar-refractivity contribution in [1.29, 1.82) is 0 Å². The maximum atomic E-state index is 12.1. The van der Waals surface area contributed by atoms with E-state index in [2.05, 4.69) is 31.3 Å². The van der Waals surface area contributed by atoms with E-state index in [1.807, 2.05) is 18.2 Å². The Morgan fingerprint density at radius 3 is 2.38 bits per heavy atom. The van der Waals surface area contributed by atoms with Crippen molar-refractivity contribution in [2.45, 2.75) is 58.4 Å². The molecule has 1 amide bonds. The molecule has 1 aromatic carbocycles. The van der Waals surface area contributed by atoms with Gasteiger partial charge in [-0.05, 0) is 37.3 Å². The molecule has 0 saturated carbocycles. The van der Waals surface area contributed by atoms with E-state index in [9.17, 15) is 4.79 Å². The summed E-state index contributed by atoms with van der Waals surface area (Å²) in [4.78, 5) is 12.1. The molecule has 0 bridgehead atoms. The van der Waals surface area contributed by atoms with Gasteiger partial charge >= 0.3 is 0 Å². The van der Waals surface area contributed by atoms with Gasteiger partial charge in [-0.2, -0.15) is 0 Å². The maximum absolute atomic E-state index is 12.1. The molecule has 0 aliphatic rings. The summed E-state index contributed by atoms with van der Waals surface area (Å²) in [6.45, 7) is 5.13. The highest BCUT2D eigenvalue weighted by molar-refractivity contribution is 5.76. The molecular weight excluding hydrogens is 260 g/mol. The third kappa shape index (κ3) is 7.86. The van der Waals surface area contributed by atoms with Gasteiger partial charge in [0.05, 0.1) is 6.04 Å². The second-order valence-electron chi connectivity index (χ2n) is 6.11. The zero-order valence-electron chi connectivity index (χ0n) is 13.5. The predicted octanol–water partition coefficient (Wildman–Crippen LogP) is 3.80. The largest absolute Gasteiger partial charge is 0.349 e. The molecule has 0 aromatic heterocycles. The summed E-state index contributed by atoms with van der Waals surface area (Å²) < 4.78 is 0. The van der Waals surface area contributed by atoms with Crippen molar-refractivity contribution in [1.82, 2.24) is 5.32 Å². The Kier molecular flexibility index (Phi) is 8.76. The van der Waals surface area contributed by atoms with Gasteiger partial charge in [-0.25, -0.2) is 0 Å². The number of carbonyl (C=O) groups excluding carboxylic acids is 1. The minimum absolute atomic E-state index is 0.128. The number of benzene rings is 1. The van der Waals surface area contributed by atoms with Crippen molar-refractivity contribution in [2.24, 2.45) is 11.7 Å². The van der Waals surface area contributed by atoms with Gasteiger partial charge in [0.15, 0.2) is 0 Å². The van der Waals surface area contributed by atoms with E-state index in [0.717, 1.165) is 38.6 Å². The van der Waals surface area contributed by atoms with E-state index >= 15 is 0 Å². The average Bonchev–Trinajstić information content (AvgIpc) is 2.47. The highest BCUT2D eigenvalue weighted by atomic mass is 16.1. The van der Waals surface area contributed by atoms with Crippen LogP contribution in [0.1, 0.15) is 64.0 Å². The predicted molar refractivity (Wildman–Crippen MR) is 88.9 cm³/mol. The molecule has 3 heteroatoms. The topological polar surface area (TPSA) is 55.1 Å². The van der Waals surface area contributed by atoms with Gasteiger partial charge in [0.1, 0.15) is 0 Å². The zero-order valence-corrected chi connectivity index (χ0v) is 13.5. The summed E-state index contributed by atoms with van der Waals surface area (Å²) in [5.41, 5.74) is 6.66. The first-order valence-corrected chi connectivity index (χ1v) is 8.18. The molecule has 0 aliphatic carbocycles. The maximum Gasteiger partial charge on any atom is 0.220 e. The van der Waals surface area contributed by atoms with E-state index in [1.54, 1.807) is 0 Å². The molecule has 21 heavy (non-hydrogen) atoms. The lowest BCUT2D eigenvalue weighted by Gasteiger charge is -2.21. The molecule has 118 valence electrons. The molecular formula is C18H30N2O. The van der Waals surface area contributed by atoms with E-state index < -0.39 is 0 Å². The van der Waals surface area contributed by atoms with Crippen LogP contribution in [0.5, 0.6) is 0 Å². The molecule has 1 rings (SSSR count). The van der Waals surface area contributed by atoms with Crippen LogP contribution in [0.4, 0.5) is 0 Å². The standard InChI is InChI=1S/C18H30N2O/c1-15(2)14-17(16-10-6-5-7-11-16)20-18(21)12-8-3-4-9-13-19/h5-7,10-11,15,17H,3-4,8-9,12-14,19H2,1-2H3,(H,20,21). The Morgan fingerprint density at radius 2 is 1.76 bits per heavy atom. The number of unbranched alkanes of at least 4 members (excludes halogenated alkanes) is 3. The van der Waals surface area contributed by atoms with Crippen molar-refractivity contribution in [3.8, 4) is 0 Å². The van der Waals surface area contributed by atoms with E-state index in [0.29, 0.717) is 12.3 Å². The molecule has 0 spiro atoms. The Bertz CT molecular complexity index is 389. The molecule has 3 nitrogen and oxygen atoms in total. The highest BCUT2D eigenvalue weighted by Gasteiger charge is 2.15. The van der Waals surface area contributed by atoms with Crippen LogP contribution >= 0.6 is 0 Å². The molecule has 0 saturated heterocycles. The molecule has 3 N–H and O–H groups in total. The molecule has 0 fully saturated rings. The van der Waals surface area contributed by atoms with Gasteiger partial charge in [0, 0.05) is 6.42 Å². The van der Waals surface area contributed by atoms with Crippen LogP contribution in [-0.2, 0) is 4.79 Å². The summed E-state index contributed by atoms with van der Waals surface area (Å²) in [6, 6.07) is 10.4. The summed E-state index contributed by atoms with van der Waals surface area (Å²) in [7, 11) is 0. The van der Waals surface area contributed by atoms with Crippen LogP contribution in [0.3, 0.4) is 0 Å². The van der Waals surface area contributed by atoms with Crippen LogP contribution in [0, 0.1) is 5.92 Å². The van der Waals surface area contributed by atoms with E-state index in [4.69, 9.17) is 5.73 Å².